The Morgan fingerprint density at radius 2 is 1.58 bits per heavy atom. The van der Waals surface area contributed by atoms with Gasteiger partial charge in [0.25, 0.3) is 0 Å². The smallest absolute Gasteiger partial charge is 0.303 e. The zero-order valence-electron chi connectivity index (χ0n) is 16.9. The molecule has 0 aliphatic heterocycles. The molecule has 4 rings (SSSR count). The molecule has 4 aromatic rings. The largest absolute Gasteiger partial charge is 0.492 e. The maximum absolute atomic E-state index is 13.2. The lowest BCUT2D eigenvalue weighted by Gasteiger charge is -2.12. The Hall–Kier alpha value is -4.45. The Balaban J connectivity index is 1.89. The third kappa shape index (κ3) is 3.51. The summed E-state index contributed by atoms with van der Waals surface area (Å²) in [6.07, 6.45) is 0. The average Bonchev–Trinajstić information content (AvgIpc) is 3.31. The predicted octanol–water partition coefficient (Wildman–Crippen LogP) is 4.47. The summed E-state index contributed by atoms with van der Waals surface area (Å²) in [5, 5.41) is 35.1. The van der Waals surface area contributed by atoms with Gasteiger partial charge in [0, 0.05) is 0 Å². The van der Waals surface area contributed by atoms with E-state index in [0.29, 0.717) is 17.1 Å². The molecule has 9 heteroatoms. The molecule has 0 bridgehead atoms. The highest BCUT2D eigenvalue weighted by molar-refractivity contribution is 5.55. The topological polar surface area (TPSA) is 124 Å². The van der Waals surface area contributed by atoms with E-state index in [2.05, 4.69) is 26.5 Å². The quantitative estimate of drug-likeness (QED) is 0.468. The number of aromatic nitrogens is 4. The molecular formula is C22H19N7O2. The molecule has 2 heterocycles. The number of H-pyrrole nitrogens is 1. The van der Waals surface area contributed by atoms with Gasteiger partial charge in [0.2, 0.25) is 11.6 Å². The summed E-state index contributed by atoms with van der Waals surface area (Å²) < 4.78 is 2.68. The molecule has 0 fully saturated rings. The van der Waals surface area contributed by atoms with Crippen molar-refractivity contribution < 1.29 is 5.11 Å². The number of para-hydroxylation sites is 2. The third-order valence-electron chi connectivity index (χ3n) is 4.69. The summed E-state index contributed by atoms with van der Waals surface area (Å²) >= 11 is 0. The number of benzene rings is 2. The first-order valence-corrected chi connectivity index (χ1v) is 9.60. The fraction of sp³-hybridized carbons (Fsp3) is 0.136. The van der Waals surface area contributed by atoms with Crippen LogP contribution in [-0.2, 0) is 0 Å². The number of aromatic amines is 1. The highest BCUT2D eigenvalue weighted by Gasteiger charge is 2.23. The number of hydrogen-bond acceptors (Lipinski definition) is 6. The first kappa shape index (κ1) is 19.8. The molecular weight excluding hydrogens is 394 g/mol. The maximum Gasteiger partial charge on any atom is 0.303 e. The van der Waals surface area contributed by atoms with Crippen LogP contribution in [0.3, 0.4) is 0 Å². The highest BCUT2D eigenvalue weighted by atomic mass is 16.3. The van der Waals surface area contributed by atoms with Crippen LogP contribution in [0.4, 0.5) is 11.5 Å². The van der Waals surface area contributed by atoms with Gasteiger partial charge in [0.05, 0.1) is 17.1 Å². The minimum atomic E-state index is -0.557. The summed E-state index contributed by atoms with van der Waals surface area (Å²) in [5.74, 6) is -0.229. The van der Waals surface area contributed by atoms with Crippen LogP contribution in [0.2, 0.25) is 0 Å². The SMILES string of the molecule is CC(C)c1n[nH]c(/N=N/c2c(O)n(-c3ccccc3)n(-c3ccccc3)c2=O)c1C#N. The first-order chi connectivity index (χ1) is 15.0. The van der Waals surface area contributed by atoms with Crippen molar-refractivity contribution in [1.82, 2.24) is 19.6 Å². The zero-order chi connectivity index (χ0) is 22.0. The lowest BCUT2D eigenvalue weighted by Crippen LogP contribution is -2.20. The second-order valence-corrected chi connectivity index (χ2v) is 7.07. The number of nitriles is 1. The van der Waals surface area contributed by atoms with Gasteiger partial charge < -0.3 is 5.11 Å². The van der Waals surface area contributed by atoms with Crippen LogP contribution in [0, 0.1) is 11.3 Å². The Kier molecular flexibility index (Phi) is 5.20. The monoisotopic (exact) mass is 413 g/mol. The summed E-state index contributed by atoms with van der Waals surface area (Å²) in [4.78, 5) is 13.2. The van der Waals surface area contributed by atoms with Gasteiger partial charge in [-0.15, -0.1) is 10.2 Å². The number of hydrogen-bond donors (Lipinski definition) is 2. The van der Waals surface area contributed by atoms with E-state index in [4.69, 9.17) is 0 Å². The molecule has 0 saturated carbocycles. The first-order valence-electron chi connectivity index (χ1n) is 9.60. The minimum absolute atomic E-state index is 0.0118. The van der Waals surface area contributed by atoms with Crippen molar-refractivity contribution in [2.45, 2.75) is 19.8 Å². The molecule has 0 aliphatic rings. The molecule has 0 saturated heterocycles. The van der Waals surface area contributed by atoms with Crippen molar-refractivity contribution >= 4 is 11.5 Å². The van der Waals surface area contributed by atoms with Gasteiger partial charge in [0.1, 0.15) is 11.6 Å². The van der Waals surface area contributed by atoms with Crippen molar-refractivity contribution in [2.24, 2.45) is 10.2 Å². The second kappa shape index (κ2) is 8.12. The number of nitrogens with one attached hydrogen (secondary N) is 1. The minimum Gasteiger partial charge on any atom is -0.492 e. The van der Waals surface area contributed by atoms with E-state index in [-0.39, 0.29) is 28.9 Å². The van der Waals surface area contributed by atoms with Crippen molar-refractivity contribution in [1.29, 1.82) is 5.26 Å². The van der Waals surface area contributed by atoms with E-state index in [1.165, 1.54) is 9.36 Å². The fourth-order valence-corrected chi connectivity index (χ4v) is 3.22. The molecule has 0 aliphatic carbocycles. The van der Waals surface area contributed by atoms with Crippen LogP contribution in [0.1, 0.15) is 31.0 Å². The van der Waals surface area contributed by atoms with Gasteiger partial charge in [-0.3, -0.25) is 9.89 Å². The summed E-state index contributed by atoms with van der Waals surface area (Å²) in [6.45, 7) is 3.81. The lowest BCUT2D eigenvalue weighted by atomic mass is 10.1. The van der Waals surface area contributed by atoms with E-state index in [1.807, 2.05) is 26.0 Å². The van der Waals surface area contributed by atoms with Gasteiger partial charge in [-0.05, 0) is 30.2 Å². The standard InChI is InChI=1S/C22H19N7O2/c1-14(2)18-17(13-23)20(26-24-18)27-25-19-21(30)28(15-9-5-3-6-10-15)29(22(19)31)16-11-7-4-8-12-16/h3-12,14,30H,1-2H3,(H,24,26)/b27-25+. The van der Waals surface area contributed by atoms with Crippen molar-refractivity contribution in [3.63, 3.8) is 0 Å². The van der Waals surface area contributed by atoms with Crippen LogP contribution in [0.15, 0.2) is 75.7 Å². The molecule has 2 N–H and O–H groups in total. The summed E-state index contributed by atoms with van der Waals surface area (Å²) in [6, 6.07) is 19.9. The van der Waals surface area contributed by atoms with Gasteiger partial charge in [-0.2, -0.15) is 10.4 Å². The van der Waals surface area contributed by atoms with Crippen LogP contribution in [-0.4, -0.2) is 24.7 Å². The molecule has 9 nitrogen and oxygen atoms in total. The molecule has 2 aromatic carbocycles. The van der Waals surface area contributed by atoms with Crippen LogP contribution in [0.5, 0.6) is 5.88 Å². The Bertz CT molecular complexity index is 1340. The van der Waals surface area contributed by atoms with Gasteiger partial charge in [0.15, 0.2) is 5.82 Å². The van der Waals surface area contributed by atoms with E-state index < -0.39 is 5.56 Å². The lowest BCUT2D eigenvalue weighted by molar-refractivity contribution is 0.426. The predicted molar refractivity (Wildman–Crippen MR) is 115 cm³/mol. The van der Waals surface area contributed by atoms with Gasteiger partial charge in [-0.25, -0.2) is 9.36 Å². The molecule has 0 unspecified atom stereocenters. The molecule has 154 valence electrons. The van der Waals surface area contributed by atoms with E-state index in [1.54, 1.807) is 48.5 Å². The molecule has 2 aromatic heterocycles. The van der Waals surface area contributed by atoms with Gasteiger partial charge in [-0.1, -0.05) is 50.2 Å². The Labute approximate surface area is 177 Å². The van der Waals surface area contributed by atoms with Gasteiger partial charge >= 0.3 is 5.56 Å². The maximum atomic E-state index is 13.2. The van der Waals surface area contributed by atoms with Crippen LogP contribution < -0.4 is 5.56 Å². The number of nitrogens with zero attached hydrogens (tertiary/aromatic N) is 6. The number of aromatic hydroxyl groups is 1. The van der Waals surface area contributed by atoms with Crippen LogP contribution in [0.25, 0.3) is 11.4 Å². The average molecular weight is 413 g/mol. The highest BCUT2D eigenvalue weighted by Crippen LogP contribution is 2.31. The zero-order valence-corrected chi connectivity index (χ0v) is 16.9. The number of azo groups is 1. The normalized spacial score (nSPS) is 11.3. The van der Waals surface area contributed by atoms with Crippen molar-refractivity contribution in [2.75, 3.05) is 0 Å². The fourth-order valence-electron chi connectivity index (χ4n) is 3.22. The third-order valence-corrected chi connectivity index (χ3v) is 4.69. The summed E-state index contributed by atoms with van der Waals surface area (Å²) in [5.41, 5.74) is 1.13. The number of rotatable bonds is 5. The molecule has 0 radical (unpaired) electrons. The summed E-state index contributed by atoms with van der Waals surface area (Å²) in [7, 11) is 0. The molecule has 0 atom stereocenters. The van der Waals surface area contributed by atoms with Crippen molar-refractivity contribution in [3.05, 3.63) is 82.3 Å². The Morgan fingerprint density at radius 1 is 1.00 bits per heavy atom. The Morgan fingerprint density at radius 3 is 2.13 bits per heavy atom. The van der Waals surface area contributed by atoms with E-state index in [9.17, 15) is 15.2 Å². The second-order valence-electron chi connectivity index (χ2n) is 7.07. The molecule has 0 amide bonds. The van der Waals surface area contributed by atoms with E-state index >= 15 is 0 Å². The van der Waals surface area contributed by atoms with Crippen molar-refractivity contribution in [3.8, 4) is 23.3 Å². The van der Waals surface area contributed by atoms with Crippen LogP contribution >= 0.6 is 0 Å². The van der Waals surface area contributed by atoms with E-state index in [0.717, 1.165) is 0 Å². The molecule has 0 spiro atoms. The molecule has 31 heavy (non-hydrogen) atoms.